The van der Waals surface area contributed by atoms with Gasteiger partial charge in [-0.25, -0.2) is 4.79 Å². The number of hydrogen-bond acceptors (Lipinski definition) is 5. The van der Waals surface area contributed by atoms with Crippen molar-refractivity contribution in [1.29, 1.82) is 0 Å². The van der Waals surface area contributed by atoms with Gasteiger partial charge in [0.25, 0.3) is 5.91 Å². The molecule has 0 saturated carbocycles. The van der Waals surface area contributed by atoms with Crippen LogP contribution in [-0.2, 0) is 33.9 Å². The second kappa shape index (κ2) is 11.0. The highest BCUT2D eigenvalue weighted by Crippen LogP contribution is 2.40. The molecule has 0 radical (unpaired) electrons. The monoisotopic (exact) mass is 503 g/mol. The van der Waals surface area contributed by atoms with Gasteiger partial charge in [-0.3, -0.25) is 4.79 Å². The number of aliphatic carboxylic acids is 1. The fourth-order valence-corrected chi connectivity index (χ4v) is 4.51. The Labute approximate surface area is 217 Å². The number of benzene rings is 3. The zero-order valence-electron chi connectivity index (χ0n) is 21.6. The van der Waals surface area contributed by atoms with Gasteiger partial charge in [0.05, 0.1) is 12.7 Å². The number of carboxylic acid groups (broad SMARTS) is 1. The minimum absolute atomic E-state index is 0.0920. The minimum Gasteiger partial charge on any atom is -0.493 e. The lowest BCUT2D eigenvalue weighted by molar-refractivity contribution is -0.164. The molecule has 0 aromatic heterocycles. The Morgan fingerprint density at radius 3 is 2.24 bits per heavy atom. The molecule has 0 bridgehead atoms. The fourth-order valence-electron chi connectivity index (χ4n) is 4.51. The van der Waals surface area contributed by atoms with Gasteiger partial charge in [0.2, 0.25) is 0 Å². The number of carbonyl (C=O) groups excluding carboxylic acids is 1. The van der Waals surface area contributed by atoms with Crippen LogP contribution in [0.4, 0.5) is 0 Å². The Morgan fingerprint density at radius 1 is 1.00 bits per heavy atom. The summed E-state index contributed by atoms with van der Waals surface area (Å²) in [6.07, 6.45) is -0.842. The molecule has 0 spiro atoms. The Morgan fingerprint density at radius 2 is 1.65 bits per heavy atom. The standard InChI is InChI=1S/C30H33NO6/c1-30(2,3)37-26(21-13-9-6-10-14-21)28(32)31-18-22-15-16-25(35-4)27(23(22)17-24(31)29(33)34)36-19-20-11-7-5-8-12-20/h5-16,24,26H,17-19H2,1-4H3,(H,33,34)/t24-,26-/m0/s1. The summed E-state index contributed by atoms with van der Waals surface area (Å²) in [6, 6.07) is 21.5. The normalized spacial score (nSPS) is 16.0. The van der Waals surface area contributed by atoms with Crippen molar-refractivity contribution in [3.63, 3.8) is 0 Å². The number of ether oxygens (including phenoxy) is 3. The largest absolute Gasteiger partial charge is 0.493 e. The first-order chi connectivity index (χ1) is 17.7. The van der Waals surface area contributed by atoms with Crippen LogP contribution in [0.5, 0.6) is 11.5 Å². The lowest BCUT2D eigenvalue weighted by atomic mass is 9.91. The van der Waals surface area contributed by atoms with Crippen LogP contribution in [-0.4, -0.2) is 40.6 Å². The number of nitrogens with zero attached hydrogens (tertiary/aromatic N) is 1. The molecule has 194 valence electrons. The Balaban J connectivity index is 1.69. The number of hydrogen-bond donors (Lipinski definition) is 1. The molecule has 0 fully saturated rings. The number of rotatable bonds is 8. The van der Waals surface area contributed by atoms with E-state index in [0.717, 1.165) is 16.7 Å². The van der Waals surface area contributed by atoms with E-state index in [1.807, 2.05) is 87.5 Å². The van der Waals surface area contributed by atoms with E-state index in [9.17, 15) is 14.7 Å². The average molecular weight is 504 g/mol. The molecule has 3 aromatic carbocycles. The maximum atomic E-state index is 13.9. The first-order valence-electron chi connectivity index (χ1n) is 12.3. The lowest BCUT2D eigenvalue weighted by Gasteiger charge is -2.38. The molecule has 7 heteroatoms. The van der Waals surface area contributed by atoms with Crippen molar-refractivity contribution in [3.05, 3.63) is 95.1 Å². The summed E-state index contributed by atoms with van der Waals surface area (Å²) in [5.74, 6) is -0.440. The Bertz CT molecular complexity index is 1240. The van der Waals surface area contributed by atoms with Gasteiger partial charge in [0, 0.05) is 18.5 Å². The quantitative estimate of drug-likeness (QED) is 0.457. The van der Waals surface area contributed by atoms with Crippen LogP contribution in [0.2, 0.25) is 0 Å². The third kappa shape index (κ3) is 6.12. The molecule has 1 amide bonds. The predicted octanol–water partition coefficient (Wildman–Crippen LogP) is 5.17. The van der Waals surface area contributed by atoms with E-state index in [1.165, 1.54) is 4.90 Å². The maximum Gasteiger partial charge on any atom is 0.326 e. The van der Waals surface area contributed by atoms with E-state index in [2.05, 4.69) is 0 Å². The second-order valence-corrected chi connectivity index (χ2v) is 10.1. The van der Waals surface area contributed by atoms with Crippen LogP contribution in [0.15, 0.2) is 72.8 Å². The molecule has 1 heterocycles. The summed E-state index contributed by atoms with van der Waals surface area (Å²) in [5, 5.41) is 10.2. The Hall–Kier alpha value is -3.84. The zero-order chi connectivity index (χ0) is 26.6. The van der Waals surface area contributed by atoms with E-state index >= 15 is 0 Å². The molecule has 0 unspecified atom stereocenters. The van der Waals surface area contributed by atoms with Crippen LogP contribution < -0.4 is 9.47 Å². The zero-order valence-corrected chi connectivity index (χ0v) is 21.6. The number of fused-ring (bicyclic) bond motifs is 1. The van der Waals surface area contributed by atoms with E-state index in [4.69, 9.17) is 14.2 Å². The number of carbonyl (C=O) groups is 2. The van der Waals surface area contributed by atoms with Crippen LogP contribution in [0, 0.1) is 0 Å². The van der Waals surface area contributed by atoms with Crippen molar-refractivity contribution < 1.29 is 28.9 Å². The van der Waals surface area contributed by atoms with E-state index < -0.39 is 23.7 Å². The van der Waals surface area contributed by atoms with Gasteiger partial charge >= 0.3 is 5.97 Å². The second-order valence-electron chi connectivity index (χ2n) is 10.1. The maximum absolute atomic E-state index is 13.9. The minimum atomic E-state index is -1.08. The van der Waals surface area contributed by atoms with Gasteiger partial charge in [-0.2, -0.15) is 0 Å². The van der Waals surface area contributed by atoms with Gasteiger partial charge < -0.3 is 24.2 Å². The first-order valence-corrected chi connectivity index (χ1v) is 12.3. The molecular weight excluding hydrogens is 470 g/mol. The van der Waals surface area contributed by atoms with E-state index in [-0.39, 0.29) is 18.9 Å². The summed E-state index contributed by atoms with van der Waals surface area (Å²) < 4.78 is 17.9. The van der Waals surface area contributed by atoms with Gasteiger partial charge in [-0.1, -0.05) is 66.7 Å². The number of carboxylic acids is 1. The smallest absolute Gasteiger partial charge is 0.326 e. The van der Waals surface area contributed by atoms with Gasteiger partial charge in [0.15, 0.2) is 17.6 Å². The third-order valence-corrected chi connectivity index (χ3v) is 6.25. The molecule has 3 aromatic rings. The van der Waals surface area contributed by atoms with Gasteiger partial charge in [-0.15, -0.1) is 0 Å². The van der Waals surface area contributed by atoms with Crippen molar-refractivity contribution in [1.82, 2.24) is 4.90 Å². The first kappa shape index (κ1) is 26.2. The highest BCUT2D eigenvalue weighted by molar-refractivity contribution is 5.88. The number of methoxy groups -OCH3 is 1. The van der Waals surface area contributed by atoms with Gasteiger partial charge in [-0.05, 0) is 43.5 Å². The Kier molecular flexibility index (Phi) is 7.83. The molecule has 0 aliphatic carbocycles. The van der Waals surface area contributed by atoms with Crippen LogP contribution in [0.25, 0.3) is 0 Å². The predicted molar refractivity (Wildman–Crippen MR) is 139 cm³/mol. The van der Waals surface area contributed by atoms with Crippen molar-refractivity contribution in [2.75, 3.05) is 7.11 Å². The summed E-state index contributed by atoms with van der Waals surface area (Å²) >= 11 is 0. The SMILES string of the molecule is COc1ccc2c(c1OCc1ccccc1)C[C@@H](C(=O)O)N(C(=O)[C@@H](OC(C)(C)C)c1ccccc1)C2. The van der Waals surface area contributed by atoms with Crippen molar-refractivity contribution in [2.45, 2.75) is 58.1 Å². The molecule has 37 heavy (non-hydrogen) atoms. The van der Waals surface area contributed by atoms with Crippen LogP contribution in [0.3, 0.4) is 0 Å². The molecule has 1 aliphatic rings. The molecule has 1 N–H and O–H groups in total. The third-order valence-electron chi connectivity index (χ3n) is 6.25. The van der Waals surface area contributed by atoms with Crippen LogP contribution >= 0.6 is 0 Å². The molecule has 7 nitrogen and oxygen atoms in total. The molecular formula is C30H33NO6. The molecule has 0 saturated heterocycles. The van der Waals surface area contributed by atoms with Crippen molar-refractivity contribution in [2.24, 2.45) is 0 Å². The summed E-state index contributed by atoms with van der Waals surface area (Å²) in [6.45, 7) is 6.05. The lowest BCUT2D eigenvalue weighted by Crippen LogP contribution is -2.51. The van der Waals surface area contributed by atoms with Crippen molar-refractivity contribution in [3.8, 4) is 11.5 Å². The molecule has 2 atom stereocenters. The van der Waals surface area contributed by atoms with Gasteiger partial charge in [0.1, 0.15) is 12.6 Å². The van der Waals surface area contributed by atoms with Crippen LogP contribution in [0.1, 0.15) is 49.1 Å². The number of amides is 1. The van der Waals surface area contributed by atoms with E-state index in [0.29, 0.717) is 23.7 Å². The topological polar surface area (TPSA) is 85.3 Å². The van der Waals surface area contributed by atoms with Crippen molar-refractivity contribution >= 4 is 11.9 Å². The average Bonchev–Trinajstić information content (AvgIpc) is 2.89. The van der Waals surface area contributed by atoms with E-state index in [1.54, 1.807) is 13.2 Å². The molecule has 1 aliphatic heterocycles. The summed E-state index contributed by atoms with van der Waals surface area (Å²) in [4.78, 5) is 27.8. The highest BCUT2D eigenvalue weighted by Gasteiger charge is 2.41. The summed E-state index contributed by atoms with van der Waals surface area (Å²) in [5.41, 5.74) is 2.60. The molecule has 4 rings (SSSR count). The fraction of sp³-hybridized carbons (Fsp3) is 0.333. The summed E-state index contributed by atoms with van der Waals surface area (Å²) in [7, 11) is 1.55. The highest BCUT2D eigenvalue weighted by atomic mass is 16.5.